The maximum absolute atomic E-state index is 13.1. The Labute approximate surface area is 176 Å². The molecule has 2 bridgehead atoms. The van der Waals surface area contributed by atoms with Gasteiger partial charge in [-0.1, -0.05) is 30.3 Å². The number of carbonyl (C=O) groups is 1. The smallest absolute Gasteiger partial charge is 0.410 e. The lowest BCUT2D eigenvalue weighted by Crippen LogP contribution is -2.47. The molecule has 3 heterocycles. The van der Waals surface area contributed by atoms with Gasteiger partial charge >= 0.3 is 12.3 Å². The summed E-state index contributed by atoms with van der Waals surface area (Å²) in [5, 5.41) is 0. The zero-order chi connectivity index (χ0) is 21.6. The van der Waals surface area contributed by atoms with Gasteiger partial charge in [-0.15, -0.1) is 0 Å². The van der Waals surface area contributed by atoms with E-state index in [-0.39, 0.29) is 6.04 Å². The van der Waals surface area contributed by atoms with Crippen LogP contribution in [0.2, 0.25) is 0 Å². The van der Waals surface area contributed by atoms with Crippen molar-refractivity contribution in [3.63, 3.8) is 0 Å². The number of amides is 1. The van der Waals surface area contributed by atoms with Gasteiger partial charge in [0.15, 0.2) is 5.82 Å². The highest BCUT2D eigenvalue weighted by Crippen LogP contribution is 2.41. The van der Waals surface area contributed by atoms with Crippen LogP contribution >= 0.6 is 0 Å². The van der Waals surface area contributed by atoms with Gasteiger partial charge in [0.1, 0.15) is 5.75 Å². The zero-order valence-electron chi connectivity index (χ0n) is 16.3. The van der Waals surface area contributed by atoms with Crippen molar-refractivity contribution in [3.8, 4) is 17.0 Å². The van der Waals surface area contributed by atoms with E-state index >= 15 is 0 Å². The van der Waals surface area contributed by atoms with Crippen molar-refractivity contribution in [1.29, 1.82) is 0 Å². The summed E-state index contributed by atoms with van der Waals surface area (Å²) in [5.74, 6) is 0.827. The molecule has 31 heavy (non-hydrogen) atoms. The Balaban J connectivity index is 1.54. The van der Waals surface area contributed by atoms with E-state index in [0.717, 1.165) is 30.8 Å². The lowest BCUT2D eigenvalue weighted by molar-refractivity contribution is -0.137. The minimum absolute atomic E-state index is 0.104. The van der Waals surface area contributed by atoms with Gasteiger partial charge < -0.3 is 9.64 Å². The first-order valence-electron chi connectivity index (χ1n) is 9.90. The fraction of sp³-hybridized carbons (Fsp3) is 0.217. The van der Waals surface area contributed by atoms with E-state index in [9.17, 15) is 18.0 Å². The molecule has 3 aromatic rings. The van der Waals surface area contributed by atoms with Crippen LogP contribution in [0.25, 0.3) is 11.3 Å². The predicted molar refractivity (Wildman–Crippen MR) is 110 cm³/mol. The van der Waals surface area contributed by atoms with Crippen LogP contribution in [0, 0.1) is 0 Å². The van der Waals surface area contributed by atoms with Gasteiger partial charge in [-0.3, -0.25) is 4.90 Å². The fourth-order valence-corrected chi connectivity index (χ4v) is 4.10. The Kier molecular flexibility index (Phi) is 4.57. The van der Waals surface area contributed by atoms with Crippen molar-refractivity contribution in [1.82, 2.24) is 4.98 Å². The number of anilines is 2. The highest BCUT2D eigenvalue weighted by Gasteiger charge is 2.41. The third-order valence-electron chi connectivity index (χ3n) is 5.58. The second-order valence-corrected chi connectivity index (χ2v) is 7.56. The summed E-state index contributed by atoms with van der Waals surface area (Å²) < 4.78 is 45.0. The van der Waals surface area contributed by atoms with Crippen molar-refractivity contribution in [3.05, 3.63) is 72.3 Å². The van der Waals surface area contributed by atoms with Gasteiger partial charge in [0.2, 0.25) is 0 Å². The maximum Gasteiger partial charge on any atom is 0.421 e. The molecule has 2 aromatic carbocycles. The number of hydrogen-bond acceptors (Lipinski definition) is 4. The molecule has 5 rings (SSSR count). The Morgan fingerprint density at radius 2 is 1.84 bits per heavy atom. The second kappa shape index (κ2) is 7.30. The number of alkyl halides is 3. The number of aromatic nitrogens is 1. The largest absolute Gasteiger partial charge is 0.421 e. The number of hydrogen-bond donors (Lipinski definition) is 0. The summed E-state index contributed by atoms with van der Waals surface area (Å²) in [5.41, 5.74) is 0.731. The highest BCUT2D eigenvalue weighted by molar-refractivity contribution is 5.95. The van der Waals surface area contributed by atoms with Gasteiger partial charge in [0.05, 0.1) is 23.0 Å². The molecule has 8 heteroatoms. The minimum atomic E-state index is -4.44. The fourth-order valence-electron chi connectivity index (χ4n) is 4.10. The number of carbonyl (C=O) groups excluding carboxylic acids is 1. The second-order valence-electron chi connectivity index (χ2n) is 7.56. The maximum atomic E-state index is 13.1. The summed E-state index contributed by atoms with van der Waals surface area (Å²) >= 11 is 0. The molecule has 0 radical (unpaired) electrons. The van der Waals surface area contributed by atoms with E-state index in [1.54, 1.807) is 36.4 Å². The molecular weight excluding hydrogens is 407 g/mol. The van der Waals surface area contributed by atoms with Gasteiger partial charge in [-0.25, -0.2) is 9.78 Å². The van der Waals surface area contributed by atoms with E-state index in [2.05, 4.69) is 9.88 Å². The normalized spacial score (nSPS) is 17.5. The molecule has 0 N–H and O–H groups in total. The topological polar surface area (TPSA) is 45.7 Å². The van der Waals surface area contributed by atoms with Crippen molar-refractivity contribution in [2.75, 3.05) is 22.9 Å². The number of para-hydroxylation sites is 1. The molecule has 1 amide bonds. The van der Waals surface area contributed by atoms with Crippen LogP contribution in [0.5, 0.6) is 5.75 Å². The molecule has 1 fully saturated rings. The third-order valence-corrected chi connectivity index (χ3v) is 5.58. The summed E-state index contributed by atoms with van der Waals surface area (Å²) in [6.45, 7) is 1.44. The van der Waals surface area contributed by atoms with Crippen LogP contribution in [-0.4, -0.2) is 30.2 Å². The van der Waals surface area contributed by atoms with Gasteiger partial charge in [0.25, 0.3) is 0 Å². The van der Waals surface area contributed by atoms with E-state index < -0.39 is 17.8 Å². The molecular formula is C23H18F3N3O2. The van der Waals surface area contributed by atoms with Crippen molar-refractivity contribution >= 4 is 17.6 Å². The number of halogens is 3. The molecule has 2 aliphatic heterocycles. The predicted octanol–water partition coefficient (Wildman–Crippen LogP) is 5.37. The first-order valence-corrected chi connectivity index (χ1v) is 9.90. The Morgan fingerprint density at radius 1 is 1.03 bits per heavy atom. The number of rotatable bonds is 2. The van der Waals surface area contributed by atoms with Crippen molar-refractivity contribution < 1.29 is 22.7 Å². The number of nitrogens with zero attached hydrogens (tertiary/aromatic N) is 3. The highest BCUT2D eigenvalue weighted by atomic mass is 19.4. The van der Waals surface area contributed by atoms with E-state index in [0.29, 0.717) is 29.4 Å². The minimum Gasteiger partial charge on any atom is -0.410 e. The lowest BCUT2D eigenvalue weighted by Gasteiger charge is -2.35. The molecule has 0 saturated carbocycles. The molecule has 1 saturated heterocycles. The van der Waals surface area contributed by atoms with Crippen LogP contribution in [0.1, 0.15) is 12.0 Å². The quantitative estimate of drug-likeness (QED) is 0.554. The Morgan fingerprint density at radius 3 is 2.61 bits per heavy atom. The molecule has 2 aliphatic rings. The lowest BCUT2D eigenvalue weighted by atomic mass is 10.1. The SMILES string of the molecule is O=C(Oc1ccccc1)N1c2nc(-c3cccc(C(F)(F)F)c3)ccc2N2CCC1C2. The Hall–Kier alpha value is -3.55. The monoisotopic (exact) mass is 425 g/mol. The van der Waals surface area contributed by atoms with Crippen molar-refractivity contribution in [2.45, 2.75) is 18.6 Å². The standard InChI is InChI=1S/C23H18F3N3O2/c24-23(25,26)16-6-4-5-15(13-16)19-9-10-20-21(27-19)29(17-11-12-28(20)14-17)22(30)31-18-7-2-1-3-8-18/h1-10,13,17H,11-12,14H2. The molecule has 1 atom stereocenters. The molecule has 0 spiro atoms. The van der Waals surface area contributed by atoms with E-state index in [4.69, 9.17) is 4.74 Å². The van der Waals surface area contributed by atoms with E-state index in [1.807, 2.05) is 12.1 Å². The number of fused-ring (bicyclic) bond motifs is 4. The summed E-state index contributed by atoms with van der Waals surface area (Å²) in [6.07, 6.45) is -4.23. The number of ether oxygens (including phenoxy) is 1. The summed E-state index contributed by atoms with van der Waals surface area (Å²) in [4.78, 5) is 21.3. The molecule has 1 aromatic heterocycles. The third kappa shape index (κ3) is 3.58. The first kappa shape index (κ1) is 19.4. The average molecular weight is 425 g/mol. The summed E-state index contributed by atoms with van der Waals surface area (Å²) in [7, 11) is 0. The zero-order valence-corrected chi connectivity index (χ0v) is 16.3. The first-order chi connectivity index (χ1) is 14.9. The Bertz CT molecular complexity index is 1130. The molecule has 0 aliphatic carbocycles. The summed E-state index contributed by atoms with van der Waals surface area (Å²) in [6, 6.07) is 17.2. The van der Waals surface area contributed by atoms with Crippen LogP contribution in [0.3, 0.4) is 0 Å². The molecule has 158 valence electrons. The van der Waals surface area contributed by atoms with Crippen LogP contribution in [-0.2, 0) is 6.18 Å². The average Bonchev–Trinajstić information content (AvgIpc) is 3.18. The van der Waals surface area contributed by atoms with Crippen molar-refractivity contribution in [2.24, 2.45) is 0 Å². The number of pyridine rings is 1. The molecule has 1 unspecified atom stereocenters. The molecule has 5 nitrogen and oxygen atoms in total. The number of benzene rings is 2. The van der Waals surface area contributed by atoms with Gasteiger partial charge in [0, 0.05) is 18.7 Å². The van der Waals surface area contributed by atoms with Crippen LogP contribution in [0.4, 0.5) is 29.5 Å². The van der Waals surface area contributed by atoms with Gasteiger partial charge in [-0.2, -0.15) is 13.2 Å². The van der Waals surface area contributed by atoms with E-state index in [1.165, 1.54) is 11.0 Å². The van der Waals surface area contributed by atoms with Gasteiger partial charge in [-0.05, 0) is 42.8 Å². The van der Waals surface area contributed by atoms with Crippen LogP contribution < -0.4 is 14.5 Å². The van der Waals surface area contributed by atoms with Crippen LogP contribution in [0.15, 0.2) is 66.7 Å².